The van der Waals surface area contributed by atoms with Crippen molar-refractivity contribution in [2.45, 2.75) is 6.92 Å². The van der Waals surface area contributed by atoms with Gasteiger partial charge in [-0.3, -0.25) is 9.69 Å². The van der Waals surface area contributed by atoms with E-state index < -0.39 is 0 Å². The highest BCUT2D eigenvalue weighted by Crippen LogP contribution is 2.34. The fourth-order valence-corrected chi connectivity index (χ4v) is 3.88. The summed E-state index contributed by atoms with van der Waals surface area (Å²) >= 11 is 1.42. The minimum Gasteiger partial charge on any atom is -0.290 e. The summed E-state index contributed by atoms with van der Waals surface area (Å²) in [6.45, 7) is 2.04. The largest absolute Gasteiger partial charge is 0.290 e. The summed E-state index contributed by atoms with van der Waals surface area (Å²) in [5.41, 5.74) is 3.09. The van der Waals surface area contributed by atoms with Gasteiger partial charge in [-0.2, -0.15) is 0 Å². The number of hydrogen-bond acceptors (Lipinski definition) is 3. The number of carbonyl (C=O) groups excluding carboxylic acids is 1. The molecule has 1 aliphatic heterocycles. The van der Waals surface area contributed by atoms with Crippen LogP contribution in [0.1, 0.15) is 11.1 Å². The first-order valence-electron chi connectivity index (χ1n) is 8.42. The average Bonchev–Trinajstić information content (AvgIpc) is 2.92. The van der Waals surface area contributed by atoms with Crippen molar-refractivity contribution in [2.75, 3.05) is 7.05 Å². The molecule has 0 radical (unpaired) electrons. The van der Waals surface area contributed by atoms with Gasteiger partial charge >= 0.3 is 0 Å². The third-order valence-electron chi connectivity index (χ3n) is 4.37. The SMILES string of the molecule is Cc1ccc(N=C2S/C(=C/c3cccc4ccccc34)C(=O)N2C)cc1. The van der Waals surface area contributed by atoms with Gasteiger partial charge in [0, 0.05) is 7.05 Å². The Kier molecular flexibility index (Phi) is 4.35. The van der Waals surface area contributed by atoms with Gasteiger partial charge in [-0.25, -0.2) is 4.99 Å². The molecule has 0 spiro atoms. The second kappa shape index (κ2) is 6.81. The second-order valence-electron chi connectivity index (χ2n) is 6.27. The lowest BCUT2D eigenvalue weighted by atomic mass is 10.0. The standard InChI is InChI=1S/C22H18N2OS/c1-15-10-12-18(13-11-15)23-22-24(2)21(25)20(26-22)14-17-8-5-7-16-6-3-4-9-19(16)17/h3-14H,1-2H3/b20-14+,23-22?. The molecule has 0 bridgehead atoms. The van der Waals surface area contributed by atoms with Gasteiger partial charge in [0.1, 0.15) is 0 Å². The van der Waals surface area contributed by atoms with E-state index in [1.54, 1.807) is 11.9 Å². The lowest BCUT2D eigenvalue weighted by Crippen LogP contribution is -2.23. The van der Waals surface area contributed by atoms with Crippen LogP contribution >= 0.6 is 11.8 Å². The number of rotatable bonds is 2. The molecule has 128 valence electrons. The predicted octanol–water partition coefficient (Wildman–Crippen LogP) is 5.38. The molecule has 3 aromatic carbocycles. The van der Waals surface area contributed by atoms with E-state index in [0.717, 1.165) is 16.6 Å². The molecule has 26 heavy (non-hydrogen) atoms. The van der Waals surface area contributed by atoms with Crippen LogP contribution in [0.15, 0.2) is 76.6 Å². The number of fused-ring (bicyclic) bond motifs is 1. The number of aliphatic imine (C=N–C) groups is 1. The zero-order chi connectivity index (χ0) is 18.1. The lowest BCUT2D eigenvalue weighted by molar-refractivity contribution is -0.121. The maximum absolute atomic E-state index is 12.7. The van der Waals surface area contributed by atoms with Crippen LogP contribution in [0.4, 0.5) is 5.69 Å². The van der Waals surface area contributed by atoms with Crippen LogP contribution < -0.4 is 0 Å². The van der Waals surface area contributed by atoms with Crippen molar-refractivity contribution in [1.82, 2.24) is 4.90 Å². The van der Waals surface area contributed by atoms with Gasteiger partial charge in [0.2, 0.25) is 0 Å². The Labute approximate surface area is 157 Å². The molecule has 1 amide bonds. The molecular formula is C22H18N2OS. The number of hydrogen-bond donors (Lipinski definition) is 0. The van der Waals surface area contributed by atoms with Gasteiger partial charge in [0.05, 0.1) is 10.6 Å². The number of likely N-dealkylation sites (N-methyl/N-ethyl adjacent to an activating group) is 1. The van der Waals surface area contributed by atoms with Gasteiger partial charge in [-0.1, -0.05) is 60.2 Å². The van der Waals surface area contributed by atoms with Crippen molar-refractivity contribution in [1.29, 1.82) is 0 Å². The number of carbonyl (C=O) groups is 1. The topological polar surface area (TPSA) is 32.7 Å². The number of thioether (sulfide) groups is 1. The Morgan fingerprint density at radius 2 is 1.69 bits per heavy atom. The Balaban J connectivity index is 1.70. The summed E-state index contributed by atoms with van der Waals surface area (Å²) in [4.78, 5) is 19.6. The molecule has 1 heterocycles. The summed E-state index contributed by atoms with van der Waals surface area (Å²) in [7, 11) is 1.77. The van der Waals surface area contributed by atoms with E-state index in [0.29, 0.717) is 10.1 Å². The quantitative estimate of drug-likeness (QED) is 0.576. The number of amidine groups is 1. The molecule has 3 aromatic rings. The molecule has 0 N–H and O–H groups in total. The van der Waals surface area contributed by atoms with Crippen molar-refractivity contribution < 1.29 is 4.79 Å². The van der Waals surface area contributed by atoms with Crippen LogP contribution in [0.3, 0.4) is 0 Å². The first-order valence-corrected chi connectivity index (χ1v) is 9.24. The summed E-state index contributed by atoms with van der Waals surface area (Å²) in [5, 5.41) is 3.01. The summed E-state index contributed by atoms with van der Waals surface area (Å²) in [6.07, 6.45) is 1.96. The fourth-order valence-electron chi connectivity index (χ4n) is 2.90. The molecule has 4 rings (SSSR count). The Hall–Kier alpha value is -2.85. The van der Waals surface area contributed by atoms with Crippen molar-refractivity contribution in [2.24, 2.45) is 4.99 Å². The van der Waals surface area contributed by atoms with Gasteiger partial charge in [-0.15, -0.1) is 0 Å². The van der Waals surface area contributed by atoms with Crippen LogP contribution in [0.5, 0.6) is 0 Å². The molecule has 1 saturated heterocycles. The first kappa shape index (κ1) is 16.6. The zero-order valence-corrected chi connectivity index (χ0v) is 15.5. The number of aryl methyl sites for hydroxylation is 1. The van der Waals surface area contributed by atoms with Crippen LogP contribution in [-0.2, 0) is 4.79 Å². The maximum atomic E-state index is 12.7. The van der Waals surface area contributed by atoms with E-state index in [9.17, 15) is 4.79 Å². The second-order valence-corrected chi connectivity index (χ2v) is 7.28. The summed E-state index contributed by atoms with van der Waals surface area (Å²) < 4.78 is 0. The monoisotopic (exact) mass is 358 g/mol. The highest BCUT2D eigenvalue weighted by molar-refractivity contribution is 8.18. The van der Waals surface area contributed by atoms with E-state index >= 15 is 0 Å². The van der Waals surface area contributed by atoms with Crippen LogP contribution in [-0.4, -0.2) is 23.0 Å². The van der Waals surface area contributed by atoms with Gasteiger partial charge in [-0.05, 0) is 53.2 Å². The summed E-state index contributed by atoms with van der Waals surface area (Å²) in [5.74, 6) is -0.0196. The van der Waals surface area contributed by atoms with E-state index in [4.69, 9.17) is 0 Å². The number of amides is 1. The van der Waals surface area contributed by atoms with Gasteiger partial charge in [0.25, 0.3) is 5.91 Å². The van der Waals surface area contributed by atoms with Crippen molar-refractivity contribution in [3.63, 3.8) is 0 Å². The van der Waals surface area contributed by atoms with Crippen molar-refractivity contribution >= 4 is 45.4 Å². The van der Waals surface area contributed by atoms with E-state index in [1.165, 1.54) is 22.7 Å². The van der Waals surface area contributed by atoms with Crippen molar-refractivity contribution in [3.8, 4) is 0 Å². The fraction of sp³-hybridized carbons (Fsp3) is 0.0909. The molecule has 1 aliphatic rings. The van der Waals surface area contributed by atoms with Crippen molar-refractivity contribution in [3.05, 3.63) is 82.8 Å². The molecule has 0 aliphatic carbocycles. The van der Waals surface area contributed by atoms with E-state index in [-0.39, 0.29) is 5.91 Å². The van der Waals surface area contributed by atoms with E-state index in [2.05, 4.69) is 23.2 Å². The Morgan fingerprint density at radius 3 is 2.50 bits per heavy atom. The molecular weight excluding hydrogens is 340 g/mol. The van der Waals surface area contributed by atoms with Crippen LogP contribution in [0.2, 0.25) is 0 Å². The Morgan fingerprint density at radius 1 is 0.962 bits per heavy atom. The van der Waals surface area contributed by atoms with Crippen LogP contribution in [0.25, 0.3) is 16.8 Å². The summed E-state index contributed by atoms with van der Waals surface area (Å²) in [6, 6.07) is 22.3. The van der Waals surface area contributed by atoms with Crippen LogP contribution in [0, 0.1) is 6.92 Å². The third kappa shape index (κ3) is 3.16. The first-order chi connectivity index (χ1) is 12.6. The molecule has 0 unspecified atom stereocenters. The lowest BCUT2D eigenvalue weighted by Gasteiger charge is -2.07. The number of benzene rings is 3. The number of nitrogens with zero attached hydrogens (tertiary/aromatic N) is 2. The predicted molar refractivity (Wildman–Crippen MR) is 111 cm³/mol. The highest BCUT2D eigenvalue weighted by atomic mass is 32.2. The highest BCUT2D eigenvalue weighted by Gasteiger charge is 2.30. The van der Waals surface area contributed by atoms with Gasteiger partial charge in [0.15, 0.2) is 5.17 Å². The molecule has 4 heteroatoms. The Bertz CT molecular complexity index is 1050. The minimum atomic E-state index is -0.0196. The molecule has 1 fully saturated rings. The molecule has 0 atom stereocenters. The third-order valence-corrected chi connectivity index (χ3v) is 5.43. The average molecular weight is 358 g/mol. The zero-order valence-electron chi connectivity index (χ0n) is 14.6. The smallest absolute Gasteiger partial charge is 0.266 e. The molecule has 0 aromatic heterocycles. The normalized spacial score (nSPS) is 17.6. The minimum absolute atomic E-state index is 0.0196. The molecule has 3 nitrogen and oxygen atoms in total. The molecule has 0 saturated carbocycles. The van der Waals surface area contributed by atoms with Gasteiger partial charge < -0.3 is 0 Å². The van der Waals surface area contributed by atoms with E-state index in [1.807, 2.05) is 61.5 Å². The maximum Gasteiger partial charge on any atom is 0.266 e.